The van der Waals surface area contributed by atoms with E-state index in [2.05, 4.69) is 27.2 Å². The summed E-state index contributed by atoms with van der Waals surface area (Å²) in [7, 11) is 0. The molecule has 0 saturated heterocycles. The Bertz CT molecular complexity index is 441. The van der Waals surface area contributed by atoms with Crippen molar-refractivity contribution < 1.29 is 4.92 Å². The van der Waals surface area contributed by atoms with E-state index >= 15 is 0 Å². The second kappa shape index (κ2) is 7.05. The first kappa shape index (κ1) is 13.7. The van der Waals surface area contributed by atoms with Crippen LogP contribution in [0.2, 0.25) is 0 Å². The fraction of sp³-hybridized carbons (Fsp3) is 0.333. The molecule has 0 saturated carbocycles. The van der Waals surface area contributed by atoms with Gasteiger partial charge in [0.05, 0.1) is 4.92 Å². The summed E-state index contributed by atoms with van der Waals surface area (Å²) in [6, 6.07) is 4.93. The molecule has 90 valence electrons. The number of nitrogens with zero attached hydrogens (tertiary/aromatic N) is 1. The van der Waals surface area contributed by atoms with E-state index in [4.69, 9.17) is 6.42 Å². The monoisotopic (exact) mass is 296 g/mol. The number of hydrogen-bond acceptors (Lipinski definition) is 3. The minimum Gasteiger partial charge on any atom is -0.312 e. The van der Waals surface area contributed by atoms with Crippen molar-refractivity contribution in [2.75, 3.05) is 6.54 Å². The molecule has 0 atom stereocenters. The first-order valence-electron chi connectivity index (χ1n) is 5.22. The summed E-state index contributed by atoms with van der Waals surface area (Å²) in [6.07, 6.45) is 6.72. The van der Waals surface area contributed by atoms with E-state index in [0.29, 0.717) is 18.5 Å². The van der Waals surface area contributed by atoms with Crippen LogP contribution in [0.15, 0.2) is 22.7 Å². The van der Waals surface area contributed by atoms with Gasteiger partial charge in [0.1, 0.15) is 0 Å². The summed E-state index contributed by atoms with van der Waals surface area (Å²) >= 11 is 3.30. The summed E-state index contributed by atoms with van der Waals surface area (Å²) in [5, 5.41) is 13.9. The molecule has 0 bridgehead atoms. The molecule has 0 aliphatic carbocycles. The average molecular weight is 297 g/mol. The first-order chi connectivity index (χ1) is 8.15. The third kappa shape index (κ3) is 4.55. The SMILES string of the molecule is C#CCCCNCc1cc(Br)ccc1[N+](=O)[O-]. The predicted molar refractivity (Wildman–Crippen MR) is 70.6 cm³/mol. The minimum atomic E-state index is -0.370. The maximum Gasteiger partial charge on any atom is 0.273 e. The van der Waals surface area contributed by atoms with Crippen molar-refractivity contribution in [1.82, 2.24) is 5.32 Å². The number of nitro benzene ring substituents is 1. The first-order valence-corrected chi connectivity index (χ1v) is 6.01. The van der Waals surface area contributed by atoms with Gasteiger partial charge in [0, 0.05) is 29.1 Å². The highest BCUT2D eigenvalue weighted by atomic mass is 79.9. The van der Waals surface area contributed by atoms with Gasteiger partial charge in [-0.05, 0) is 25.1 Å². The minimum absolute atomic E-state index is 0.137. The van der Waals surface area contributed by atoms with E-state index in [1.807, 2.05) is 0 Å². The van der Waals surface area contributed by atoms with Crippen molar-refractivity contribution in [2.24, 2.45) is 0 Å². The van der Waals surface area contributed by atoms with E-state index in [-0.39, 0.29) is 10.6 Å². The van der Waals surface area contributed by atoms with Gasteiger partial charge in [0.2, 0.25) is 0 Å². The Morgan fingerprint density at radius 2 is 2.29 bits per heavy atom. The van der Waals surface area contributed by atoms with Crippen molar-refractivity contribution in [3.63, 3.8) is 0 Å². The second-order valence-electron chi connectivity index (χ2n) is 3.51. The molecule has 0 aliphatic heterocycles. The van der Waals surface area contributed by atoms with E-state index < -0.39 is 0 Å². The Morgan fingerprint density at radius 3 is 2.94 bits per heavy atom. The number of benzene rings is 1. The predicted octanol–water partition coefficient (Wildman–Crippen LogP) is 2.86. The topological polar surface area (TPSA) is 55.2 Å². The van der Waals surface area contributed by atoms with Crippen LogP contribution in [0.3, 0.4) is 0 Å². The lowest BCUT2D eigenvalue weighted by Crippen LogP contribution is -2.15. The maximum atomic E-state index is 10.8. The molecular weight excluding hydrogens is 284 g/mol. The Kier molecular flexibility index (Phi) is 5.67. The number of hydrogen-bond donors (Lipinski definition) is 1. The molecule has 1 aromatic carbocycles. The summed E-state index contributed by atoms with van der Waals surface area (Å²) in [5.41, 5.74) is 0.808. The number of rotatable bonds is 6. The number of nitrogens with one attached hydrogen (secondary N) is 1. The molecule has 1 N–H and O–H groups in total. The highest BCUT2D eigenvalue weighted by molar-refractivity contribution is 9.10. The summed E-state index contributed by atoms with van der Waals surface area (Å²) in [4.78, 5) is 10.4. The maximum absolute atomic E-state index is 10.8. The highest BCUT2D eigenvalue weighted by Gasteiger charge is 2.12. The molecule has 0 amide bonds. The molecule has 0 heterocycles. The average Bonchev–Trinajstić information content (AvgIpc) is 2.28. The number of unbranched alkanes of at least 4 members (excludes halogenated alkanes) is 1. The molecule has 1 rings (SSSR count). The lowest BCUT2D eigenvalue weighted by molar-refractivity contribution is -0.385. The van der Waals surface area contributed by atoms with Gasteiger partial charge in [-0.25, -0.2) is 0 Å². The van der Waals surface area contributed by atoms with Gasteiger partial charge in [0.15, 0.2) is 0 Å². The van der Waals surface area contributed by atoms with Crippen LogP contribution in [0.5, 0.6) is 0 Å². The number of halogens is 1. The molecule has 1 aromatic rings. The molecule has 0 unspecified atom stereocenters. The van der Waals surface area contributed by atoms with Crippen LogP contribution in [0.4, 0.5) is 5.69 Å². The summed E-state index contributed by atoms with van der Waals surface area (Å²) < 4.78 is 0.837. The molecule has 0 fully saturated rings. The zero-order chi connectivity index (χ0) is 12.7. The van der Waals surface area contributed by atoms with Crippen LogP contribution in [-0.2, 0) is 6.54 Å². The van der Waals surface area contributed by atoms with Crippen molar-refractivity contribution in [3.8, 4) is 12.3 Å². The smallest absolute Gasteiger partial charge is 0.273 e. The summed E-state index contributed by atoms with van der Waals surface area (Å²) in [6.45, 7) is 1.23. The van der Waals surface area contributed by atoms with E-state index in [9.17, 15) is 10.1 Å². The number of terminal acetylenes is 1. The Balaban J connectivity index is 2.60. The molecule has 0 aromatic heterocycles. The van der Waals surface area contributed by atoms with E-state index in [1.165, 1.54) is 6.07 Å². The zero-order valence-electron chi connectivity index (χ0n) is 9.28. The molecule has 0 aliphatic rings. The van der Waals surface area contributed by atoms with Gasteiger partial charge < -0.3 is 5.32 Å². The van der Waals surface area contributed by atoms with Crippen LogP contribution in [0.1, 0.15) is 18.4 Å². The fourth-order valence-corrected chi connectivity index (χ4v) is 1.82. The van der Waals surface area contributed by atoms with Gasteiger partial charge in [0.25, 0.3) is 5.69 Å². The third-order valence-corrected chi connectivity index (χ3v) is 2.72. The molecule has 17 heavy (non-hydrogen) atoms. The van der Waals surface area contributed by atoms with Gasteiger partial charge in [-0.2, -0.15) is 0 Å². The highest BCUT2D eigenvalue weighted by Crippen LogP contribution is 2.22. The lowest BCUT2D eigenvalue weighted by Gasteiger charge is -2.05. The third-order valence-electron chi connectivity index (χ3n) is 2.23. The zero-order valence-corrected chi connectivity index (χ0v) is 10.9. The normalized spacial score (nSPS) is 9.88. The van der Waals surface area contributed by atoms with Crippen LogP contribution in [0.25, 0.3) is 0 Å². The van der Waals surface area contributed by atoms with E-state index in [1.54, 1.807) is 12.1 Å². The summed E-state index contributed by atoms with van der Waals surface area (Å²) in [5.74, 6) is 2.55. The van der Waals surface area contributed by atoms with Gasteiger partial charge in [-0.3, -0.25) is 10.1 Å². The molecular formula is C12H13BrN2O2. The van der Waals surface area contributed by atoms with E-state index in [0.717, 1.165) is 17.4 Å². The van der Waals surface area contributed by atoms with Gasteiger partial charge >= 0.3 is 0 Å². The van der Waals surface area contributed by atoms with Crippen LogP contribution in [0, 0.1) is 22.5 Å². The molecule has 5 heteroatoms. The van der Waals surface area contributed by atoms with Crippen molar-refractivity contribution in [2.45, 2.75) is 19.4 Å². The lowest BCUT2D eigenvalue weighted by atomic mass is 10.2. The van der Waals surface area contributed by atoms with Crippen molar-refractivity contribution in [3.05, 3.63) is 38.3 Å². The van der Waals surface area contributed by atoms with Crippen LogP contribution >= 0.6 is 15.9 Å². The fourth-order valence-electron chi connectivity index (χ4n) is 1.41. The van der Waals surface area contributed by atoms with Crippen molar-refractivity contribution in [1.29, 1.82) is 0 Å². The van der Waals surface area contributed by atoms with Crippen LogP contribution in [-0.4, -0.2) is 11.5 Å². The Hall–Kier alpha value is -1.38. The Labute approximate surface area is 109 Å². The molecule has 0 radical (unpaired) electrons. The molecule has 4 nitrogen and oxygen atoms in total. The second-order valence-corrected chi connectivity index (χ2v) is 4.43. The van der Waals surface area contributed by atoms with Crippen molar-refractivity contribution >= 4 is 21.6 Å². The standard InChI is InChI=1S/C12H13BrN2O2/c1-2-3-4-7-14-9-10-8-11(13)5-6-12(10)15(16)17/h1,5-6,8,14H,3-4,7,9H2. The Morgan fingerprint density at radius 1 is 1.53 bits per heavy atom. The van der Waals surface area contributed by atoms with Crippen LogP contribution < -0.4 is 5.32 Å². The van der Waals surface area contributed by atoms with Gasteiger partial charge in [-0.15, -0.1) is 12.3 Å². The largest absolute Gasteiger partial charge is 0.312 e. The molecule has 0 spiro atoms. The van der Waals surface area contributed by atoms with Gasteiger partial charge in [-0.1, -0.05) is 15.9 Å². The quantitative estimate of drug-likeness (QED) is 0.380. The number of nitro groups is 1.